The van der Waals surface area contributed by atoms with Crippen LogP contribution in [-0.2, 0) is 28.5 Å². The number of nitrogens with one attached hydrogen (secondary N) is 3. The van der Waals surface area contributed by atoms with Crippen LogP contribution in [0.25, 0.3) is 11.6 Å². The van der Waals surface area contributed by atoms with Crippen molar-refractivity contribution in [3.8, 4) is 0 Å². The molecule has 2 heterocycles. The summed E-state index contributed by atoms with van der Waals surface area (Å²) >= 11 is 0. The summed E-state index contributed by atoms with van der Waals surface area (Å²) < 4.78 is 35.1. The molecule has 1 aromatic heterocycles. The van der Waals surface area contributed by atoms with E-state index in [0.717, 1.165) is 30.6 Å². The molecule has 0 atom stereocenters. The summed E-state index contributed by atoms with van der Waals surface area (Å²) in [4.78, 5) is 57.6. The van der Waals surface area contributed by atoms with Gasteiger partial charge in [0.15, 0.2) is 0 Å². The Labute approximate surface area is 274 Å². The molecule has 1 aliphatic rings. The minimum absolute atomic E-state index is 0.0312. The van der Waals surface area contributed by atoms with Gasteiger partial charge >= 0.3 is 6.09 Å². The summed E-state index contributed by atoms with van der Waals surface area (Å²) in [6.45, 7) is 12.1. The quantitative estimate of drug-likeness (QED) is 0.153. The lowest BCUT2D eigenvalue weighted by Gasteiger charge is -2.18. The van der Waals surface area contributed by atoms with E-state index in [1.165, 1.54) is 18.2 Å². The second-order valence-corrected chi connectivity index (χ2v) is 10.7. The van der Waals surface area contributed by atoms with E-state index < -0.39 is 17.8 Å². The Morgan fingerprint density at radius 1 is 0.979 bits per heavy atom. The Morgan fingerprint density at radius 2 is 1.70 bits per heavy atom. The zero-order valence-electron chi connectivity index (χ0n) is 27.8. The normalized spacial score (nSPS) is 13.4. The first-order chi connectivity index (χ1) is 22.6. The number of carbonyl (C=O) groups excluding carboxylic acids is 4. The van der Waals surface area contributed by atoms with Gasteiger partial charge in [0.1, 0.15) is 12.4 Å². The number of ether oxygens (including phenoxy) is 4. The topological polar surface area (TPSA) is 152 Å². The molecule has 258 valence electrons. The zero-order valence-corrected chi connectivity index (χ0v) is 27.8. The van der Waals surface area contributed by atoms with Gasteiger partial charge in [-0.2, -0.15) is 0 Å². The summed E-state index contributed by atoms with van der Waals surface area (Å²) in [6, 6.07) is 3.68. The van der Waals surface area contributed by atoms with E-state index in [4.69, 9.17) is 18.9 Å². The first-order valence-corrected chi connectivity index (χ1v) is 15.8. The van der Waals surface area contributed by atoms with Crippen LogP contribution in [0.3, 0.4) is 0 Å². The lowest BCUT2D eigenvalue weighted by Crippen LogP contribution is -2.35. The third-order valence-corrected chi connectivity index (χ3v) is 7.63. The first kappa shape index (κ1) is 37.3. The second-order valence-electron chi connectivity index (χ2n) is 10.7. The Bertz CT molecular complexity index is 1420. The maximum Gasteiger partial charge on any atom is 0.421 e. The number of hydrogen-bond donors (Lipinski definition) is 3. The van der Waals surface area contributed by atoms with Crippen molar-refractivity contribution >= 4 is 41.2 Å². The van der Waals surface area contributed by atoms with E-state index >= 15 is 0 Å². The van der Waals surface area contributed by atoms with Crippen molar-refractivity contribution in [1.82, 2.24) is 20.5 Å². The number of hydrogen-bond acceptors (Lipinski definition) is 9. The van der Waals surface area contributed by atoms with Gasteiger partial charge in [-0.15, -0.1) is 0 Å². The average molecular weight is 660 g/mol. The van der Waals surface area contributed by atoms with Gasteiger partial charge in [0, 0.05) is 50.1 Å². The number of benzene rings is 1. The summed E-state index contributed by atoms with van der Waals surface area (Å²) in [5.74, 6) is -1.69. The minimum Gasteiger partial charge on any atom is -0.446 e. The molecule has 0 aliphatic carbocycles. The van der Waals surface area contributed by atoms with Crippen molar-refractivity contribution < 1.29 is 42.5 Å². The molecule has 2 aromatic rings. The van der Waals surface area contributed by atoms with E-state index in [-0.39, 0.29) is 68.0 Å². The van der Waals surface area contributed by atoms with E-state index in [0.29, 0.717) is 42.3 Å². The maximum absolute atomic E-state index is 14.3. The fourth-order valence-corrected chi connectivity index (χ4v) is 5.06. The molecule has 0 saturated heterocycles. The SMILES string of the molecule is CCN(CC)CCNC(=O)c1c(C)[nH]c(/C=C2\C(=O)N(C(=O)OCCOCCNC(=O)CCOCCOC)c3ccc(F)cc32)c1C. The number of aryl methyl sites for hydroxylation is 1. The molecule has 14 heteroatoms. The summed E-state index contributed by atoms with van der Waals surface area (Å²) in [7, 11) is 1.57. The Hall–Kier alpha value is -4.11. The lowest BCUT2D eigenvalue weighted by atomic mass is 10.0. The van der Waals surface area contributed by atoms with Crippen LogP contribution in [-0.4, -0.2) is 113 Å². The Balaban J connectivity index is 1.58. The molecule has 13 nitrogen and oxygen atoms in total. The van der Waals surface area contributed by atoms with E-state index in [1.807, 2.05) is 0 Å². The second kappa shape index (κ2) is 18.9. The van der Waals surface area contributed by atoms with E-state index in [1.54, 1.807) is 21.0 Å². The number of fused-ring (bicyclic) bond motifs is 1. The number of aromatic nitrogens is 1. The van der Waals surface area contributed by atoms with Gasteiger partial charge in [0.05, 0.1) is 49.9 Å². The largest absolute Gasteiger partial charge is 0.446 e. The summed E-state index contributed by atoms with van der Waals surface area (Å²) in [5, 5.41) is 5.65. The van der Waals surface area contributed by atoms with Crippen molar-refractivity contribution in [2.45, 2.75) is 34.1 Å². The maximum atomic E-state index is 14.3. The highest BCUT2D eigenvalue weighted by Crippen LogP contribution is 2.39. The van der Waals surface area contributed by atoms with Gasteiger partial charge in [-0.05, 0) is 56.8 Å². The van der Waals surface area contributed by atoms with Crippen LogP contribution in [0.4, 0.5) is 14.9 Å². The molecular formula is C33H46FN5O8. The first-order valence-electron chi connectivity index (χ1n) is 15.8. The van der Waals surface area contributed by atoms with Crippen molar-refractivity contribution in [1.29, 1.82) is 0 Å². The third kappa shape index (κ3) is 10.4. The highest BCUT2D eigenvalue weighted by molar-refractivity contribution is 6.41. The monoisotopic (exact) mass is 659 g/mol. The number of carbonyl (C=O) groups is 4. The van der Waals surface area contributed by atoms with Crippen LogP contribution >= 0.6 is 0 Å². The zero-order chi connectivity index (χ0) is 34.3. The molecule has 3 N–H and O–H groups in total. The summed E-state index contributed by atoms with van der Waals surface area (Å²) in [6.07, 6.45) is 0.791. The van der Waals surface area contributed by atoms with E-state index in [2.05, 4.69) is 34.4 Å². The van der Waals surface area contributed by atoms with Gasteiger partial charge in [-0.25, -0.2) is 14.1 Å². The smallest absolute Gasteiger partial charge is 0.421 e. The molecule has 0 saturated carbocycles. The molecule has 0 radical (unpaired) electrons. The number of halogens is 1. The van der Waals surface area contributed by atoms with Crippen LogP contribution in [0.5, 0.6) is 0 Å². The van der Waals surface area contributed by atoms with Crippen LogP contribution in [0.15, 0.2) is 18.2 Å². The minimum atomic E-state index is -0.940. The number of aromatic amines is 1. The van der Waals surface area contributed by atoms with Crippen LogP contribution in [0.2, 0.25) is 0 Å². The molecule has 1 aromatic carbocycles. The van der Waals surface area contributed by atoms with Crippen LogP contribution in [0.1, 0.15) is 53.1 Å². The molecule has 4 amide bonds. The Kier molecular flexibility index (Phi) is 15.0. The van der Waals surface area contributed by atoms with Crippen molar-refractivity contribution in [2.75, 3.05) is 84.4 Å². The number of anilines is 1. The van der Waals surface area contributed by atoms with Crippen molar-refractivity contribution in [3.63, 3.8) is 0 Å². The molecule has 0 bridgehead atoms. The molecule has 0 fully saturated rings. The number of amides is 4. The highest BCUT2D eigenvalue weighted by atomic mass is 19.1. The van der Waals surface area contributed by atoms with Crippen molar-refractivity contribution in [2.24, 2.45) is 0 Å². The van der Waals surface area contributed by atoms with Gasteiger partial charge in [0.25, 0.3) is 11.8 Å². The fourth-order valence-electron chi connectivity index (χ4n) is 5.06. The molecule has 47 heavy (non-hydrogen) atoms. The summed E-state index contributed by atoms with van der Waals surface area (Å²) in [5.41, 5.74) is 2.66. The van der Waals surface area contributed by atoms with Crippen molar-refractivity contribution in [3.05, 3.63) is 52.1 Å². The van der Waals surface area contributed by atoms with Crippen LogP contribution in [0, 0.1) is 19.7 Å². The molecular weight excluding hydrogens is 613 g/mol. The van der Waals surface area contributed by atoms with Gasteiger partial charge in [0.2, 0.25) is 5.91 Å². The Morgan fingerprint density at radius 3 is 2.43 bits per heavy atom. The predicted octanol–water partition coefficient (Wildman–Crippen LogP) is 3.05. The average Bonchev–Trinajstić information content (AvgIpc) is 3.48. The molecule has 3 rings (SSSR count). The molecule has 0 spiro atoms. The van der Waals surface area contributed by atoms with Gasteiger partial charge < -0.3 is 39.5 Å². The van der Waals surface area contributed by atoms with Gasteiger partial charge in [-0.1, -0.05) is 13.8 Å². The molecule has 1 aliphatic heterocycles. The predicted molar refractivity (Wildman–Crippen MR) is 175 cm³/mol. The third-order valence-electron chi connectivity index (χ3n) is 7.63. The number of nitrogens with zero attached hydrogens (tertiary/aromatic N) is 2. The standard InChI is InChI=1S/C33H46FN5O8/c1-6-38(7-2)13-11-36-31(41)30-22(3)27(37-23(30)4)21-26-25-20-24(34)8-9-28(25)39(32(26)42)33(43)47-19-18-46-15-12-35-29(40)10-14-45-17-16-44-5/h8-9,20-21,37H,6-7,10-19H2,1-5H3,(H,35,40)(H,36,41)/b26-21-. The number of H-pyrrole nitrogens is 1. The number of likely N-dealkylation sites (N-methyl/N-ethyl adjacent to an activating group) is 1. The van der Waals surface area contributed by atoms with Gasteiger partial charge in [-0.3, -0.25) is 14.4 Å². The lowest BCUT2D eigenvalue weighted by molar-refractivity contribution is -0.122. The number of methoxy groups -OCH3 is 1. The van der Waals surface area contributed by atoms with Crippen LogP contribution < -0.4 is 15.5 Å². The highest BCUT2D eigenvalue weighted by Gasteiger charge is 2.38. The number of imide groups is 1. The number of rotatable bonds is 19. The molecule has 0 unspecified atom stereocenters. The van der Waals surface area contributed by atoms with E-state index in [9.17, 15) is 23.6 Å². The fraction of sp³-hybridized carbons (Fsp3) is 0.515.